The molecule has 1 unspecified atom stereocenters. The van der Waals surface area contributed by atoms with Gasteiger partial charge in [-0.1, -0.05) is 0 Å². The molecule has 6 nitrogen and oxygen atoms in total. The summed E-state index contributed by atoms with van der Waals surface area (Å²) < 4.78 is 13.1. The Kier molecular flexibility index (Phi) is 5.28. The molecule has 2 amide bonds. The maximum atomic E-state index is 13.1. The van der Waals surface area contributed by atoms with Crippen LogP contribution < -0.4 is 10.6 Å². The molecule has 0 radical (unpaired) electrons. The highest BCUT2D eigenvalue weighted by molar-refractivity contribution is 7.15. The van der Waals surface area contributed by atoms with E-state index in [9.17, 15) is 14.0 Å². The van der Waals surface area contributed by atoms with Crippen LogP contribution >= 0.6 is 11.3 Å². The standard InChI is InChI=1S/C17H18FN3O3S/c18-11-6-4-10(5-7-11)16-21-15-12(2-1-3-13(15)25-16)20-17(24)19-9-8-14(22)23/h4-7,12H,1-3,8-9H2,(H,22,23)(H2,19,20,24). The molecule has 8 heteroatoms. The zero-order valence-electron chi connectivity index (χ0n) is 13.4. The SMILES string of the molecule is O=C(O)CCNC(=O)NC1CCCc2sc(-c3ccc(F)cc3)nc21. The highest BCUT2D eigenvalue weighted by Gasteiger charge is 2.26. The summed E-state index contributed by atoms with van der Waals surface area (Å²) >= 11 is 1.56. The van der Waals surface area contributed by atoms with Crippen LogP contribution in [0.3, 0.4) is 0 Å². The molecular weight excluding hydrogens is 345 g/mol. The summed E-state index contributed by atoms with van der Waals surface area (Å²) in [4.78, 5) is 28.2. The number of carbonyl (C=O) groups is 2. The van der Waals surface area contributed by atoms with Crippen molar-refractivity contribution in [3.05, 3.63) is 40.7 Å². The number of nitrogens with zero attached hydrogens (tertiary/aromatic N) is 1. The van der Waals surface area contributed by atoms with Crippen molar-refractivity contribution in [2.24, 2.45) is 0 Å². The first-order chi connectivity index (χ1) is 12.0. The van der Waals surface area contributed by atoms with Gasteiger partial charge in [0.2, 0.25) is 0 Å². The molecule has 1 aliphatic rings. The number of thiazole rings is 1. The number of hydrogen-bond donors (Lipinski definition) is 3. The first-order valence-electron chi connectivity index (χ1n) is 8.04. The fourth-order valence-corrected chi connectivity index (χ4v) is 3.94. The van der Waals surface area contributed by atoms with Crippen molar-refractivity contribution in [1.82, 2.24) is 15.6 Å². The number of fused-ring (bicyclic) bond motifs is 1. The summed E-state index contributed by atoms with van der Waals surface area (Å²) in [5, 5.41) is 14.8. The van der Waals surface area contributed by atoms with Gasteiger partial charge < -0.3 is 15.7 Å². The molecule has 1 aliphatic carbocycles. The van der Waals surface area contributed by atoms with E-state index in [1.165, 1.54) is 12.1 Å². The predicted octanol–water partition coefficient (Wildman–Crippen LogP) is 3.10. The summed E-state index contributed by atoms with van der Waals surface area (Å²) in [5.74, 6) is -1.24. The van der Waals surface area contributed by atoms with Crippen LogP contribution in [0.2, 0.25) is 0 Å². The minimum Gasteiger partial charge on any atom is -0.481 e. The second-order valence-corrected chi connectivity index (χ2v) is 6.91. The van der Waals surface area contributed by atoms with E-state index >= 15 is 0 Å². The largest absolute Gasteiger partial charge is 0.481 e. The number of carbonyl (C=O) groups excluding carboxylic acids is 1. The van der Waals surface area contributed by atoms with Gasteiger partial charge in [-0.15, -0.1) is 11.3 Å². The van der Waals surface area contributed by atoms with Crippen LogP contribution in [-0.4, -0.2) is 28.6 Å². The second kappa shape index (κ2) is 7.60. The van der Waals surface area contributed by atoms with Crippen LogP contribution in [0, 0.1) is 5.82 Å². The lowest BCUT2D eigenvalue weighted by Gasteiger charge is -2.22. The van der Waals surface area contributed by atoms with Gasteiger partial charge in [0.15, 0.2) is 0 Å². The molecule has 1 aromatic heterocycles. The molecule has 132 valence electrons. The van der Waals surface area contributed by atoms with Crippen LogP contribution in [0.15, 0.2) is 24.3 Å². The van der Waals surface area contributed by atoms with Crippen molar-refractivity contribution >= 4 is 23.3 Å². The van der Waals surface area contributed by atoms with Gasteiger partial charge in [-0.05, 0) is 43.5 Å². The van der Waals surface area contributed by atoms with Crippen molar-refractivity contribution < 1.29 is 19.1 Å². The van der Waals surface area contributed by atoms with Crippen LogP contribution in [0.25, 0.3) is 10.6 Å². The van der Waals surface area contributed by atoms with Crippen molar-refractivity contribution in [2.45, 2.75) is 31.7 Å². The van der Waals surface area contributed by atoms with Gasteiger partial charge >= 0.3 is 12.0 Å². The molecule has 0 spiro atoms. The molecule has 0 bridgehead atoms. The van der Waals surface area contributed by atoms with Gasteiger partial charge in [0.05, 0.1) is 18.2 Å². The van der Waals surface area contributed by atoms with Gasteiger partial charge in [-0.3, -0.25) is 4.79 Å². The zero-order chi connectivity index (χ0) is 17.8. The molecule has 1 atom stereocenters. The number of halogens is 1. The molecule has 0 saturated carbocycles. The number of carboxylic acids is 1. The predicted molar refractivity (Wildman–Crippen MR) is 92.0 cm³/mol. The first kappa shape index (κ1) is 17.3. The van der Waals surface area contributed by atoms with E-state index in [2.05, 4.69) is 15.6 Å². The van der Waals surface area contributed by atoms with Crippen LogP contribution in [0.1, 0.15) is 35.9 Å². The van der Waals surface area contributed by atoms with Crippen LogP contribution in [0.4, 0.5) is 9.18 Å². The fraction of sp³-hybridized carbons (Fsp3) is 0.353. The Labute approximate surface area is 148 Å². The van der Waals surface area contributed by atoms with E-state index in [0.717, 1.165) is 40.4 Å². The molecule has 25 heavy (non-hydrogen) atoms. The quantitative estimate of drug-likeness (QED) is 0.761. The van der Waals surface area contributed by atoms with E-state index in [-0.39, 0.29) is 24.8 Å². The van der Waals surface area contributed by atoms with E-state index in [0.29, 0.717) is 0 Å². The molecule has 3 rings (SSSR count). The minimum atomic E-state index is -0.955. The molecule has 0 fully saturated rings. The van der Waals surface area contributed by atoms with Crippen LogP contribution in [-0.2, 0) is 11.2 Å². The summed E-state index contributed by atoms with van der Waals surface area (Å²) in [6.45, 7) is 0.0820. The third kappa shape index (κ3) is 4.33. The number of rotatable bonds is 5. The van der Waals surface area contributed by atoms with E-state index < -0.39 is 12.0 Å². The molecule has 0 aliphatic heterocycles. The van der Waals surface area contributed by atoms with Crippen molar-refractivity contribution in [1.29, 1.82) is 0 Å². The average molecular weight is 363 g/mol. The third-order valence-electron chi connectivity index (χ3n) is 3.98. The van der Waals surface area contributed by atoms with E-state index in [1.54, 1.807) is 23.5 Å². The smallest absolute Gasteiger partial charge is 0.315 e. The van der Waals surface area contributed by atoms with E-state index in [1.807, 2.05) is 0 Å². The van der Waals surface area contributed by atoms with Gasteiger partial charge in [0.1, 0.15) is 10.8 Å². The Balaban J connectivity index is 1.70. The maximum Gasteiger partial charge on any atom is 0.315 e. The Bertz CT molecular complexity index is 776. The lowest BCUT2D eigenvalue weighted by molar-refractivity contribution is -0.136. The summed E-state index contributed by atoms with van der Waals surface area (Å²) in [5.41, 5.74) is 1.70. The number of hydrogen-bond acceptors (Lipinski definition) is 4. The van der Waals surface area contributed by atoms with Crippen molar-refractivity contribution in [3.63, 3.8) is 0 Å². The Hall–Kier alpha value is -2.48. The molecule has 3 N–H and O–H groups in total. The van der Waals surface area contributed by atoms with Crippen molar-refractivity contribution in [2.75, 3.05) is 6.54 Å². The highest BCUT2D eigenvalue weighted by Crippen LogP contribution is 2.37. The van der Waals surface area contributed by atoms with Gasteiger partial charge in [0, 0.05) is 17.0 Å². The zero-order valence-corrected chi connectivity index (χ0v) is 14.2. The Morgan fingerprint density at radius 2 is 2.08 bits per heavy atom. The van der Waals surface area contributed by atoms with Gasteiger partial charge in [-0.2, -0.15) is 0 Å². The molecule has 1 aromatic carbocycles. The lowest BCUT2D eigenvalue weighted by atomic mass is 9.98. The molecular formula is C17H18FN3O3S. The van der Waals surface area contributed by atoms with Gasteiger partial charge in [-0.25, -0.2) is 14.2 Å². The molecule has 1 heterocycles. The number of amides is 2. The molecule has 0 saturated heterocycles. The number of carboxylic acid groups (broad SMARTS) is 1. The number of aliphatic carboxylic acids is 1. The Morgan fingerprint density at radius 3 is 2.80 bits per heavy atom. The summed E-state index contributed by atoms with van der Waals surface area (Å²) in [6, 6.07) is 5.61. The fourth-order valence-electron chi connectivity index (χ4n) is 2.77. The average Bonchev–Trinajstić information content (AvgIpc) is 3.00. The van der Waals surface area contributed by atoms with Crippen LogP contribution in [0.5, 0.6) is 0 Å². The number of aryl methyl sites for hydroxylation is 1. The highest BCUT2D eigenvalue weighted by atomic mass is 32.1. The number of urea groups is 1. The summed E-state index contributed by atoms with van der Waals surface area (Å²) in [6.07, 6.45) is 2.52. The minimum absolute atomic E-state index is 0.0820. The third-order valence-corrected chi connectivity index (χ3v) is 5.16. The summed E-state index contributed by atoms with van der Waals surface area (Å²) in [7, 11) is 0. The molecule has 2 aromatic rings. The van der Waals surface area contributed by atoms with Gasteiger partial charge in [0.25, 0.3) is 0 Å². The van der Waals surface area contributed by atoms with Crippen molar-refractivity contribution in [3.8, 4) is 10.6 Å². The number of nitrogens with one attached hydrogen (secondary N) is 2. The number of aromatic nitrogens is 1. The monoisotopic (exact) mass is 363 g/mol. The Morgan fingerprint density at radius 1 is 1.32 bits per heavy atom. The normalized spacial score (nSPS) is 16.1. The topological polar surface area (TPSA) is 91.3 Å². The maximum absolute atomic E-state index is 13.1. The first-order valence-corrected chi connectivity index (χ1v) is 8.86. The second-order valence-electron chi connectivity index (χ2n) is 5.82. The van der Waals surface area contributed by atoms with E-state index in [4.69, 9.17) is 5.11 Å². The lowest BCUT2D eigenvalue weighted by Crippen LogP contribution is -2.39. The number of benzene rings is 1.